The fourth-order valence-corrected chi connectivity index (χ4v) is 3.19. The first-order valence-corrected chi connectivity index (χ1v) is 9.15. The number of rotatable bonds is 5. The van der Waals surface area contributed by atoms with Gasteiger partial charge in [-0.05, 0) is 44.6 Å². The summed E-state index contributed by atoms with van der Waals surface area (Å²) < 4.78 is 45.0. The molecule has 1 fully saturated rings. The van der Waals surface area contributed by atoms with Crippen LogP contribution in [0.1, 0.15) is 18.4 Å². The Hall–Kier alpha value is -1.62. The Morgan fingerprint density at radius 2 is 1.69 bits per heavy atom. The average molecular weight is 463 g/mol. The minimum Gasteiger partial charge on any atom is -0.480 e. The third-order valence-electron chi connectivity index (χ3n) is 4.32. The van der Waals surface area contributed by atoms with Gasteiger partial charge in [0, 0.05) is 12.6 Å². The van der Waals surface area contributed by atoms with Crippen LogP contribution in [-0.4, -0.2) is 70.9 Å². The van der Waals surface area contributed by atoms with Crippen molar-refractivity contribution >= 4 is 35.1 Å². The molecule has 12 heteroatoms. The molecule has 1 aromatic rings. The lowest BCUT2D eigenvalue weighted by molar-refractivity contribution is -0.192. The number of carboxylic acids is 2. The number of hydrogen-bond acceptors (Lipinski definition) is 4. The van der Waals surface area contributed by atoms with Crippen molar-refractivity contribution in [2.24, 2.45) is 0 Å². The summed E-state index contributed by atoms with van der Waals surface area (Å²) in [6, 6.07) is 3.27. The second-order valence-corrected chi connectivity index (χ2v) is 7.21. The van der Waals surface area contributed by atoms with Gasteiger partial charge >= 0.3 is 18.1 Å². The zero-order chi connectivity index (χ0) is 22.4. The molecule has 0 spiro atoms. The van der Waals surface area contributed by atoms with Gasteiger partial charge in [-0.2, -0.15) is 13.2 Å². The molecule has 0 unspecified atom stereocenters. The zero-order valence-corrected chi connectivity index (χ0v) is 16.9. The van der Waals surface area contributed by atoms with Crippen molar-refractivity contribution in [3.8, 4) is 0 Å². The number of piperidine rings is 1. The summed E-state index contributed by atoms with van der Waals surface area (Å²) in [5.41, 5.74) is 0.811. The molecule has 29 heavy (non-hydrogen) atoms. The van der Waals surface area contributed by atoms with Crippen molar-refractivity contribution in [1.29, 1.82) is 0 Å². The summed E-state index contributed by atoms with van der Waals surface area (Å²) in [4.78, 5) is 23.7. The van der Waals surface area contributed by atoms with Gasteiger partial charge in [-0.3, -0.25) is 14.6 Å². The van der Waals surface area contributed by atoms with Crippen LogP contribution < -0.4 is 0 Å². The van der Waals surface area contributed by atoms with E-state index in [2.05, 4.69) is 4.90 Å². The van der Waals surface area contributed by atoms with Crippen molar-refractivity contribution in [1.82, 2.24) is 9.80 Å². The van der Waals surface area contributed by atoms with Gasteiger partial charge in [-0.25, -0.2) is 9.18 Å². The SMILES string of the molecule is CN(CC(=O)O)C1CCN(Cc2ccc(F)c(Cl)c2Cl)CC1.O=C(O)C(F)(F)F. The van der Waals surface area contributed by atoms with E-state index in [1.54, 1.807) is 6.07 Å². The molecule has 2 N–H and O–H groups in total. The van der Waals surface area contributed by atoms with Gasteiger partial charge in [-0.15, -0.1) is 0 Å². The number of aliphatic carboxylic acids is 2. The number of nitrogens with zero attached hydrogens (tertiary/aromatic N) is 2. The molecule has 164 valence electrons. The summed E-state index contributed by atoms with van der Waals surface area (Å²) in [5.74, 6) is -4.07. The number of carbonyl (C=O) groups is 2. The number of likely N-dealkylation sites (N-methyl/N-ethyl adjacent to an activating group) is 1. The Balaban J connectivity index is 0.000000516. The van der Waals surface area contributed by atoms with E-state index in [0.717, 1.165) is 31.5 Å². The van der Waals surface area contributed by atoms with Crippen LogP contribution in [0.15, 0.2) is 12.1 Å². The summed E-state index contributed by atoms with van der Waals surface area (Å²) >= 11 is 11.9. The van der Waals surface area contributed by atoms with Gasteiger partial charge in [0.2, 0.25) is 0 Å². The number of carboxylic acid groups (broad SMARTS) is 2. The largest absolute Gasteiger partial charge is 0.490 e. The van der Waals surface area contributed by atoms with Crippen LogP contribution in [-0.2, 0) is 16.1 Å². The zero-order valence-electron chi connectivity index (χ0n) is 15.3. The molecule has 0 saturated carbocycles. The Labute approximate surface area is 174 Å². The molecule has 0 radical (unpaired) electrons. The van der Waals surface area contributed by atoms with Gasteiger partial charge in [0.1, 0.15) is 5.82 Å². The fourth-order valence-electron chi connectivity index (χ4n) is 2.79. The highest BCUT2D eigenvalue weighted by Crippen LogP contribution is 2.30. The Morgan fingerprint density at radius 1 is 1.17 bits per heavy atom. The summed E-state index contributed by atoms with van der Waals surface area (Å²) in [5, 5.41) is 16.2. The minimum absolute atomic E-state index is 0.0322. The van der Waals surface area contributed by atoms with Crippen LogP contribution in [0.25, 0.3) is 0 Å². The van der Waals surface area contributed by atoms with Gasteiger partial charge < -0.3 is 10.2 Å². The van der Waals surface area contributed by atoms with Gasteiger partial charge in [-0.1, -0.05) is 29.3 Å². The van der Waals surface area contributed by atoms with Crippen LogP contribution in [0.5, 0.6) is 0 Å². The third-order valence-corrected chi connectivity index (χ3v) is 5.21. The molecule has 1 aromatic carbocycles. The number of hydrogen-bond donors (Lipinski definition) is 2. The number of benzene rings is 1. The van der Waals surface area contributed by atoms with Gasteiger partial charge in [0.05, 0.1) is 16.6 Å². The Bertz CT molecular complexity index is 726. The summed E-state index contributed by atoms with van der Waals surface area (Å²) in [6.07, 6.45) is -3.29. The predicted molar refractivity (Wildman–Crippen MR) is 98.7 cm³/mol. The molecule has 1 saturated heterocycles. The standard InChI is InChI=1S/C15H19Cl2FN2O2.C2HF3O2/c1-19(9-13(21)22)11-4-6-20(7-5-11)8-10-2-3-12(18)15(17)14(10)16;3-2(4,5)1(6)7/h2-3,11H,4-9H2,1H3,(H,21,22);(H,6,7). The average Bonchev–Trinajstić information content (AvgIpc) is 2.62. The van der Waals surface area contributed by atoms with Crippen molar-refractivity contribution in [2.75, 3.05) is 26.7 Å². The number of halogens is 6. The molecule has 0 amide bonds. The van der Waals surface area contributed by atoms with Crippen LogP contribution in [0.3, 0.4) is 0 Å². The normalized spacial score (nSPS) is 15.7. The van der Waals surface area contributed by atoms with E-state index in [1.807, 2.05) is 11.9 Å². The fraction of sp³-hybridized carbons (Fsp3) is 0.529. The molecule has 0 aromatic heterocycles. The molecular formula is C17H20Cl2F4N2O4. The number of alkyl halides is 3. The maximum absolute atomic E-state index is 13.3. The van der Waals surface area contributed by atoms with E-state index in [9.17, 15) is 22.4 Å². The van der Waals surface area contributed by atoms with Crippen LogP contribution in [0, 0.1) is 5.82 Å². The smallest absolute Gasteiger partial charge is 0.480 e. The topological polar surface area (TPSA) is 81.1 Å². The lowest BCUT2D eigenvalue weighted by Gasteiger charge is -2.36. The molecule has 6 nitrogen and oxygen atoms in total. The molecule has 2 rings (SSSR count). The summed E-state index contributed by atoms with van der Waals surface area (Å²) in [7, 11) is 1.84. The van der Waals surface area contributed by atoms with E-state index in [1.165, 1.54) is 6.07 Å². The second-order valence-electron chi connectivity index (χ2n) is 6.45. The lowest BCUT2D eigenvalue weighted by atomic mass is 10.0. The Morgan fingerprint density at radius 3 is 2.14 bits per heavy atom. The molecular weight excluding hydrogens is 443 g/mol. The lowest BCUT2D eigenvalue weighted by Crippen LogP contribution is -2.44. The molecule has 0 aliphatic carbocycles. The van der Waals surface area contributed by atoms with E-state index in [0.29, 0.717) is 6.54 Å². The van der Waals surface area contributed by atoms with Crippen molar-refractivity contribution < 1.29 is 37.4 Å². The van der Waals surface area contributed by atoms with Gasteiger partial charge in [0.15, 0.2) is 0 Å². The first-order valence-electron chi connectivity index (χ1n) is 8.39. The Kier molecular flexibility index (Phi) is 9.60. The third kappa shape index (κ3) is 8.33. The minimum atomic E-state index is -5.08. The van der Waals surface area contributed by atoms with E-state index in [4.69, 9.17) is 38.2 Å². The van der Waals surface area contributed by atoms with Crippen molar-refractivity contribution in [3.05, 3.63) is 33.6 Å². The van der Waals surface area contributed by atoms with Crippen LogP contribution in [0.2, 0.25) is 10.0 Å². The molecule has 1 aliphatic heterocycles. The maximum atomic E-state index is 13.3. The molecule has 1 aliphatic rings. The highest BCUT2D eigenvalue weighted by atomic mass is 35.5. The van der Waals surface area contributed by atoms with Crippen molar-refractivity contribution in [3.63, 3.8) is 0 Å². The first-order chi connectivity index (χ1) is 13.3. The van der Waals surface area contributed by atoms with Crippen LogP contribution >= 0.6 is 23.2 Å². The molecule has 0 atom stereocenters. The summed E-state index contributed by atoms with van der Waals surface area (Å²) in [6.45, 7) is 2.37. The maximum Gasteiger partial charge on any atom is 0.490 e. The van der Waals surface area contributed by atoms with E-state index >= 15 is 0 Å². The van der Waals surface area contributed by atoms with Gasteiger partial charge in [0.25, 0.3) is 0 Å². The van der Waals surface area contributed by atoms with Crippen LogP contribution in [0.4, 0.5) is 17.6 Å². The predicted octanol–water partition coefficient (Wildman–Crippen LogP) is 3.75. The first kappa shape index (κ1) is 25.4. The monoisotopic (exact) mass is 462 g/mol. The van der Waals surface area contributed by atoms with Crippen molar-refractivity contribution in [2.45, 2.75) is 31.6 Å². The highest BCUT2D eigenvalue weighted by molar-refractivity contribution is 6.42. The second kappa shape index (κ2) is 11.0. The number of likely N-dealkylation sites (tertiary alicyclic amines) is 1. The van der Waals surface area contributed by atoms with E-state index < -0.39 is 23.9 Å². The molecule has 1 heterocycles. The quantitative estimate of drug-likeness (QED) is 0.512. The molecule has 0 bridgehead atoms. The van der Waals surface area contributed by atoms with E-state index in [-0.39, 0.29) is 22.6 Å². The highest BCUT2D eigenvalue weighted by Gasteiger charge is 2.38.